The summed E-state index contributed by atoms with van der Waals surface area (Å²) in [4.78, 5) is 23.5. The molecule has 24 heavy (non-hydrogen) atoms. The van der Waals surface area contributed by atoms with Crippen molar-refractivity contribution in [2.75, 3.05) is 11.9 Å². The van der Waals surface area contributed by atoms with Crippen LogP contribution in [0, 0.1) is 13.8 Å². The van der Waals surface area contributed by atoms with Crippen molar-refractivity contribution in [2.45, 2.75) is 13.8 Å². The Hall–Kier alpha value is -2.59. The van der Waals surface area contributed by atoms with E-state index in [0.717, 1.165) is 16.7 Å². The zero-order chi connectivity index (χ0) is 17.5. The average molecular weight is 344 g/mol. The highest BCUT2D eigenvalue weighted by Crippen LogP contribution is 2.19. The van der Waals surface area contributed by atoms with Gasteiger partial charge in [-0.2, -0.15) is 0 Å². The number of carbonyl (C=O) groups excluding carboxylic acids is 2. The molecule has 0 bridgehead atoms. The Labute approximate surface area is 146 Å². The van der Waals surface area contributed by atoms with Crippen molar-refractivity contribution < 1.29 is 14.3 Å². The SMILES string of the molecule is Cc1ccc(C=CC(=O)OCC(=O)Nc2ccc(Cl)cc2C)cc1. The summed E-state index contributed by atoms with van der Waals surface area (Å²) in [5, 5.41) is 3.27. The first kappa shape index (κ1) is 17.8. The molecule has 0 atom stereocenters. The summed E-state index contributed by atoms with van der Waals surface area (Å²) in [5.74, 6) is -0.976. The predicted octanol–water partition coefficient (Wildman–Crippen LogP) is 4.15. The molecule has 0 unspecified atom stereocenters. The van der Waals surface area contributed by atoms with Crippen molar-refractivity contribution in [1.82, 2.24) is 0 Å². The van der Waals surface area contributed by atoms with Crippen LogP contribution in [-0.2, 0) is 14.3 Å². The van der Waals surface area contributed by atoms with Gasteiger partial charge >= 0.3 is 5.97 Å². The molecule has 0 fully saturated rings. The standard InChI is InChI=1S/C19H18ClNO3/c1-13-3-5-15(6-4-13)7-10-19(23)24-12-18(22)21-17-9-8-16(20)11-14(17)2/h3-11H,12H2,1-2H3,(H,21,22). The molecule has 1 amide bonds. The van der Waals surface area contributed by atoms with E-state index in [-0.39, 0.29) is 6.61 Å². The third-order valence-electron chi connectivity index (χ3n) is 3.30. The number of ether oxygens (including phenoxy) is 1. The molecule has 124 valence electrons. The third kappa shape index (κ3) is 5.56. The quantitative estimate of drug-likeness (QED) is 0.655. The van der Waals surface area contributed by atoms with Crippen molar-refractivity contribution in [3.63, 3.8) is 0 Å². The lowest BCUT2D eigenvalue weighted by atomic mass is 10.1. The van der Waals surface area contributed by atoms with Crippen LogP contribution in [0.2, 0.25) is 5.02 Å². The van der Waals surface area contributed by atoms with E-state index in [2.05, 4.69) is 5.32 Å². The van der Waals surface area contributed by atoms with Gasteiger partial charge in [0.1, 0.15) is 0 Å². The number of anilines is 1. The van der Waals surface area contributed by atoms with Crippen LogP contribution in [-0.4, -0.2) is 18.5 Å². The zero-order valence-corrected chi connectivity index (χ0v) is 14.3. The van der Waals surface area contributed by atoms with Crippen molar-refractivity contribution >= 4 is 35.2 Å². The van der Waals surface area contributed by atoms with Gasteiger partial charge in [0.15, 0.2) is 6.61 Å². The fourth-order valence-electron chi connectivity index (χ4n) is 1.98. The van der Waals surface area contributed by atoms with Gasteiger partial charge in [-0.3, -0.25) is 4.79 Å². The smallest absolute Gasteiger partial charge is 0.331 e. The summed E-state index contributed by atoms with van der Waals surface area (Å²) < 4.78 is 4.92. The Kier molecular flexibility index (Phi) is 6.15. The normalized spacial score (nSPS) is 10.6. The second kappa shape index (κ2) is 8.31. The maximum Gasteiger partial charge on any atom is 0.331 e. The monoisotopic (exact) mass is 343 g/mol. The summed E-state index contributed by atoms with van der Waals surface area (Å²) >= 11 is 5.86. The molecule has 1 N–H and O–H groups in total. The van der Waals surface area contributed by atoms with E-state index in [1.54, 1.807) is 24.3 Å². The van der Waals surface area contributed by atoms with E-state index in [1.165, 1.54) is 6.08 Å². The zero-order valence-electron chi connectivity index (χ0n) is 13.5. The first-order valence-electron chi connectivity index (χ1n) is 7.41. The molecule has 0 saturated heterocycles. The molecule has 0 aliphatic rings. The van der Waals surface area contributed by atoms with Crippen LogP contribution in [0.5, 0.6) is 0 Å². The molecular weight excluding hydrogens is 326 g/mol. The van der Waals surface area contributed by atoms with Crippen LogP contribution in [0.25, 0.3) is 6.08 Å². The van der Waals surface area contributed by atoms with E-state index in [4.69, 9.17) is 16.3 Å². The number of hydrogen-bond acceptors (Lipinski definition) is 3. The van der Waals surface area contributed by atoms with Crippen LogP contribution in [0.15, 0.2) is 48.5 Å². The van der Waals surface area contributed by atoms with Gasteiger partial charge in [0.05, 0.1) is 0 Å². The van der Waals surface area contributed by atoms with E-state index in [1.807, 2.05) is 38.1 Å². The Bertz CT molecular complexity index is 767. The lowest BCUT2D eigenvalue weighted by Gasteiger charge is -2.08. The Morgan fingerprint density at radius 2 is 1.83 bits per heavy atom. The van der Waals surface area contributed by atoms with Gasteiger partial charge in [-0.15, -0.1) is 0 Å². The summed E-state index contributed by atoms with van der Waals surface area (Å²) in [6.45, 7) is 3.47. The fraction of sp³-hybridized carbons (Fsp3) is 0.158. The van der Waals surface area contributed by atoms with Crippen LogP contribution in [0.4, 0.5) is 5.69 Å². The van der Waals surface area contributed by atoms with Crippen molar-refractivity contribution in [3.05, 3.63) is 70.3 Å². The molecule has 2 rings (SSSR count). The number of carbonyl (C=O) groups is 2. The third-order valence-corrected chi connectivity index (χ3v) is 3.53. The first-order valence-corrected chi connectivity index (χ1v) is 7.79. The Morgan fingerprint density at radius 3 is 2.50 bits per heavy atom. The summed E-state index contributed by atoms with van der Waals surface area (Å²) in [5.41, 5.74) is 3.50. The minimum Gasteiger partial charge on any atom is -0.452 e. The number of aryl methyl sites for hydroxylation is 2. The van der Waals surface area contributed by atoms with E-state index >= 15 is 0 Å². The number of rotatable bonds is 5. The van der Waals surface area contributed by atoms with Gasteiger partial charge < -0.3 is 10.1 Å². The van der Waals surface area contributed by atoms with Crippen LogP contribution < -0.4 is 5.32 Å². The summed E-state index contributed by atoms with van der Waals surface area (Å²) in [7, 11) is 0. The molecule has 0 spiro atoms. The van der Waals surface area contributed by atoms with Gasteiger partial charge in [-0.25, -0.2) is 4.79 Å². The largest absolute Gasteiger partial charge is 0.452 e. The maximum atomic E-state index is 11.8. The minimum absolute atomic E-state index is 0.348. The van der Waals surface area contributed by atoms with E-state index < -0.39 is 11.9 Å². The molecule has 4 nitrogen and oxygen atoms in total. The highest BCUT2D eigenvalue weighted by atomic mass is 35.5. The molecule has 5 heteroatoms. The van der Waals surface area contributed by atoms with Crippen LogP contribution in [0.3, 0.4) is 0 Å². The summed E-state index contributed by atoms with van der Waals surface area (Å²) in [6, 6.07) is 12.8. The molecule has 0 heterocycles. The number of nitrogens with one attached hydrogen (secondary N) is 1. The van der Waals surface area contributed by atoms with E-state index in [0.29, 0.717) is 10.7 Å². The van der Waals surface area contributed by atoms with Crippen LogP contribution in [0.1, 0.15) is 16.7 Å². The molecule has 0 radical (unpaired) electrons. The fourth-order valence-corrected chi connectivity index (χ4v) is 2.21. The predicted molar refractivity (Wildman–Crippen MR) is 96.0 cm³/mol. The molecule has 0 saturated carbocycles. The highest BCUT2D eigenvalue weighted by Gasteiger charge is 2.07. The molecular formula is C19H18ClNO3. The number of halogens is 1. The number of hydrogen-bond donors (Lipinski definition) is 1. The molecule has 2 aromatic carbocycles. The van der Waals surface area contributed by atoms with Gasteiger partial charge in [-0.05, 0) is 49.2 Å². The maximum absolute atomic E-state index is 11.8. The Morgan fingerprint density at radius 1 is 1.12 bits per heavy atom. The van der Waals surface area contributed by atoms with Gasteiger partial charge in [0.25, 0.3) is 5.91 Å². The van der Waals surface area contributed by atoms with Crippen molar-refractivity contribution in [3.8, 4) is 0 Å². The first-order chi connectivity index (χ1) is 11.4. The lowest BCUT2D eigenvalue weighted by Crippen LogP contribution is -2.20. The highest BCUT2D eigenvalue weighted by molar-refractivity contribution is 6.30. The second-order valence-electron chi connectivity index (χ2n) is 5.36. The minimum atomic E-state index is -0.571. The summed E-state index contributed by atoms with van der Waals surface area (Å²) in [6.07, 6.45) is 2.94. The Balaban J connectivity index is 1.82. The average Bonchev–Trinajstić information content (AvgIpc) is 2.55. The number of amides is 1. The van der Waals surface area contributed by atoms with Gasteiger partial charge in [0.2, 0.25) is 0 Å². The van der Waals surface area contributed by atoms with E-state index in [9.17, 15) is 9.59 Å². The topological polar surface area (TPSA) is 55.4 Å². The molecule has 0 aliphatic heterocycles. The number of esters is 1. The second-order valence-corrected chi connectivity index (χ2v) is 5.80. The van der Waals surface area contributed by atoms with Crippen LogP contribution >= 0.6 is 11.6 Å². The molecule has 2 aromatic rings. The van der Waals surface area contributed by atoms with Crippen molar-refractivity contribution in [1.29, 1.82) is 0 Å². The molecule has 0 aromatic heterocycles. The molecule has 0 aliphatic carbocycles. The lowest BCUT2D eigenvalue weighted by molar-refractivity contribution is -0.142. The number of benzene rings is 2. The van der Waals surface area contributed by atoms with Crippen molar-refractivity contribution in [2.24, 2.45) is 0 Å². The van der Waals surface area contributed by atoms with Gasteiger partial charge in [0, 0.05) is 16.8 Å². The van der Waals surface area contributed by atoms with Gasteiger partial charge in [-0.1, -0.05) is 41.4 Å².